The molecule has 1 aromatic carbocycles. The second-order valence-electron chi connectivity index (χ2n) is 6.93. The molecule has 1 unspecified atom stereocenters. The molecule has 0 aliphatic carbocycles. The third-order valence-corrected chi connectivity index (χ3v) is 4.15. The van der Waals surface area contributed by atoms with Gasteiger partial charge < -0.3 is 10.1 Å². The number of nitrogens with one attached hydrogen (secondary N) is 1. The lowest BCUT2D eigenvalue weighted by Gasteiger charge is -2.33. The Morgan fingerprint density at radius 1 is 1.38 bits per heavy atom. The Balaban J connectivity index is 2.05. The summed E-state index contributed by atoms with van der Waals surface area (Å²) in [7, 11) is 1.49. The molecular weight excluding hydrogens is 267 g/mol. The molecule has 0 spiro atoms. The van der Waals surface area contributed by atoms with E-state index in [0.29, 0.717) is 11.8 Å². The average molecular weight is 294 g/mol. The van der Waals surface area contributed by atoms with E-state index in [-0.39, 0.29) is 11.2 Å². The van der Waals surface area contributed by atoms with Crippen molar-refractivity contribution in [2.24, 2.45) is 5.41 Å². The number of methoxy groups -OCH3 is 1. The lowest BCUT2D eigenvalue weighted by Crippen LogP contribution is -2.46. The van der Waals surface area contributed by atoms with Crippen LogP contribution in [0, 0.1) is 11.2 Å². The van der Waals surface area contributed by atoms with Crippen LogP contribution in [0.5, 0.6) is 5.75 Å². The maximum Gasteiger partial charge on any atom is 0.165 e. The van der Waals surface area contributed by atoms with Gasteiger partial charge in [-0.05, 0) is 42.6 Å². The molecule has 118 valence electrons. The van der Waals surface area contributed by atoms with E-state index >= 15 is 0 Å². The molecule has 3 nitrogen and oxygen atoms in total. The summed E-state index contributed by atoms with van der Waals surface area (Å²) >= 11 is 0. The van der Waals surface area contributed by atoms with Crippen LogP contribution in [-0.4, -0.2) is 37.7 Å². The van der Waals surface area contributed by atoms with E-state index in [2.05, 4.69) is 31.0 Å². The predicted molar refractivity (Wildman–Crippen MR) is 84.1 cm³/mol. The molecule has 0 aromatic heterocycles. The first-order chi connectivity index (χ1) is 9.90. The highest BCUT2D eigenvalue weighted by Crippen LogP contribution is 2.23. The van der Waals surface area contributed by atoms with Crippen LogP contribution in [0.15, 0.2) is 18.2 Å². The maximum atomic E-state index is 13.8. The Morgan fingerprint density at radius 2 is 2.14 bits per heavy atom. The monoisotopic (exact) mass is 294 g/mol. The number of halogens is 1. The zero-order chi connectivity index (χ0) is 15.5. The molecule has 1 aliphatic rings. The Morgan fingerprint density at radius 3 is 2.76 bits per heavy atom. The number of ether oxygens (including phenoxy) is 1. The number of rotatable bonds is 3. The first kappa shape index (κ1) is 16.2. The minimum absolute atomic E-state index is 0.230. The van der Waals surface area contributed by atoms with Crippen LogP contribution >= 0.6 is 0 Å². The first-order valence-corrected chi connectivity index (χ1v) is 7.68. The number of nitrogens with zero attached hydrogens (tertiary/aromatic N) is 1. The summed E-state index contributed by atoms with van der Waals surface area (Å²) in [6.07, 6.45) is 1.13. The Bertz CT molecular complexity index is 470. The van der Waals surface area contributed by atoms with Crippen LogP contribution in [0.3, 0.4) is 0 Å². The first-order valence-electron chi connectivity index (χ1n) is 7.68. The fourth-order valence-corrected chi connectivity index (χ4v) is 2.78. The topological polar surface area (TPSA) is 24.5 Å². The molecule has 1 saturated heterocycles. The molecule has 0 saturated carbocycles. The molecule has 1 N–H and O–H groups in total. The van der Waals surface area contributed by atoms with E-state index in [4.69, 9.17) is 4.74 Å². The quantitative estimate of drug-likeness (QED) is 0.927. The fraction of sp³-hybridized carbons (Fsp3) is 0.647. The van der Waals surface area contributed by atoms with Crippen molar-refractivity contribution in [3.63, 3.8) is 0 Å². The van der Waals surface area contributed by atoms with Crippen LogP contribution in [-0.2, 0) is 6.54 Å². The van der Waals surface area contributed by atoms with Crippen LogP contribution in [0.1, 0.15) is 32.8 Å². The molecule has 1 aromatic rings. The predicted octanol–water partition coefficient (Wildman–Crippen LogP) is 3.04. The molecule has 1 fully saturated rings. The van der Waals surface area contributed by atoms with Gasteiger partial charge in [0.2, 0.25) is 0 Å². The lowest BCUT2D eigenvalue weighted by atomic mass is 9.86. The molecular formula is C17H27FN2O. The standard InChI is InChI=1S/C17H27FN2O/c1-17(2,3)16-12-20(9-5-8-19-16)11-13-6-7-15(21-4)14(18)10-13/h6-7,10,16,19H,5,8-9,11-12H2,1-4H3. The zero-order valence-electron chi connectivity index (χ0n) is 13.6. The summed E-state index contributed by atoms with van der Waals surface area (Å²) in [5, 5.41) is 3.63. The van der Waals surface area contributed by atoms with Gasteiger partial charge in [0.05, 0.1) is 7.11 Å². The van der Waals surface area contributed by atoms with Crippen molar-refractivity contribution < 1.29 is 9.13 Å². The van der Waals surface area contributed by atoms with Gasteiger partial charge in [0.1, 0.15) is 0 Å². The number of hydrogen-bond acceptors (Lipinski definition) is 3. The van der Waals surface area contributed by atoms with Gasteiger partial charge in [-0.3, -0.25) is 4.90 Å². The van der Waals surface area contributed by atoms with Crippen molar-refractivity contribution in [2.45, 2.75) is 39.8 Å². The number of benzene rings is 1. The van der Waals surface area contributed by atoms with Crippen LogP contribution in [0.25, 0.3) is 0 Å². The highest BCUT2D eigenvalue weighted by Gasteiger charge is 2.28. The summed E-state index contributed by atoms with van der Waals surface area (Å²) in [4.78, 5) is 2.41. The summed E-state index contributed by atoms with van der Waals surface area (Å²) in [5.41, 5.74) is 1.23. The Hall–Kier alpha value is -1.13. The summed E-state index contributed by atoms with van der Waals surface area (Å²) < 4.78 is 18.8. The largest absolute Gasteiger partial charge is 0.494 e. The van der Waals surface area contributed by atoms with Crippen molar-refractivity contribution in [3.8, 4) is 5.75 Å². The highest BCUT2D eigenvalue weighted by molar-refractivity contribution is 5.29. The molecule has 21 heavy (non-hydrogen) atoms. The van der Waals surface area contributed by atoms with E-state index in [1.165, 1.54) is 7.11 Å². The van der Waals surface area contributed by atoms with Gasteiger partial charge in [0, 0.05) is 19.1 Å². The molecule has 1 heterocycles. The second-order valence-corrected chi connectivity index (χ2v) is 6.93. The third kappa shape index (κ3) is 4.42. The Labute approximate surface area is 127 Å². The van der Waals surface area contributed by atoms with E-state index in [1.807, 2.05) is 6.07 Å². The van der Waals surface area contributed by atoms with Gasteiger partial charge in [0.15, 0.2) is 11.6 Å². The van der Waals surface area contributed by atoms with E-state index in [1.54, 1.807) is 12.1 Å². The van der Waals surface area contributed by atoms with Gasteiger partial charge >= 0.3 is 0 Å². The highest BCUT2D eigenvalue weighted by atomic mass is 19.1. The van der Waals surface area contributed by atoms with E-state index < -0.39 is 0 Å². The van der Waals surface area contributed by atoms with Crippen molar-refractivity contribution in [1.29, 1.82) is 0 Å². The average Bonchev–Trinajstić information content (AvgIpc) is 2.64. The smallest absolute Gasteiger partial charge is 0.165 e. The molecule has 4 heteroatoms. The van der Waals surface area contributed by atoms with Gasteiger partial charge in [-0.2, -0.15) is 0 Å². The van der Waals surface area contributed by atoms with Gasteiger partial charge in [-0.25, -0.2) is 4.39 Å². The minimum atomic E-state index is -0.282. The van der Waals surface area contributed by atoms with Crippen molar-refractivity contribution >= 4 is 0 Å². The lowest BCUT2D eigenvalue weighted by molar-refractivity contribution is 0.192. The van der Waals surface area contributed by atoms with Gasteiger partial charge in [0.25, 0.3) is 0 Å². The summed E-state index contributed by atoms with van der Waals surface area (Å²) in [5.74, 6) is 0.0270. The Kier molecular flexibility index (Phi) is 5.22. The molecule has 0 amide bonds. The SMILES string of the molecule is COc1ccc(CN2CCCNC(C(C)(C)C)C2)cc1F. The molecule has 0 radical (unpaired) electrons. The van der Waals surface area contributed by atoms with Crippen molar-refractivity contribution in [2.75, 3.05) is 26.7 Å². The van der Waals surface area contributed by atoms with Gasteiger partial charge in [-0.15, -0.1) is 0 Å². The van der Waals surface area contributed by atoms with E-state index in [0.717, 1.165) is 38.2 Å². The van der Waals surface area contributed by atoms with Gasteiger partial charge in [-0.1, -0.05) is 26.8 Å². The van der Waals surface area contributed by atoms with Crippen LogP contribution < -0.4 is 10.1 Å². The zero-order valence-corrected chi connectivity index (χ0v) is 13.6. The van der Waals surface area contributed by atoms with Crippen LogP contribution in [0.4, 0.5) is 4.39 Å². The van der Waals surface area contributed by atoms with Crippen LogP contribution in [0.2, 0.25) is 0 Å². The molecule has 2 rings (SSSR count). The molecule has 1 aliphatic heterocycles. The summed E-state index contributed by atoms with van der Waals surface area (Å²) in [6.45, 7) is 10.7. The van der Waals surface area contributed by atoms with Crippen molar-refractivity contribution in [1.82, 2.24) is 10.2 Å². The minimum Gasteiger partial charge on any atom is -0.494 e. The number of hydrogen-bond donors (Lipinski definition) is 1. The fourth-order valence-electron chi connectivity index (χ4n) is 2.78. The molecule has 0 bridgehead atoms. The molecule has 1 atom stereocenters. The summed E-state index contributed by atoms with van der Waals surface area (Å²) in [6, 6.07) is 5.71. The second kappa shape index (κ2) is 6.75. The normalized spacial score (nSPS) is 21.1. The maximum absolute atomic E-state index is 13.8. The third-order valence-electron chi connectivity index (χ3n) is 4.15. The van der Waals surface area contributed by atoms with Crippen molar-refractivity contribution in [3.05, 3.63) is 29.6 Å². The van der Waals surface area contributed by atoms with E-state index in [9.17, 15) is 4.39 Å².